The van der Waals surface area contributed by atoms with Gasteiger partial charge in [-0.15, -0.1) is 0 Å². The van der Waals surface area contributed by atoms with Gasteiger partial charge in [-0.05, 0) is 71.2 Å². The van der Waals surface area contributed by atoms with E-state index in [2.05, 4.69) is 45.9 Å². The number of benzene rings is 3. The van der Waals surface area contributed by atoms with Crippen LogP contribution in [0.3, 0.4) is 0 Å². The van der Waals surface area contributed by atoms with Crippen LogP contribution in [0.15, 0.2) is 65.2 Å². The summed E-state index contributed by atoms with van der Waals surface area (Å²) in [4.78, 5) is 4.70. The minimum atomic E-state index is -0.170. The van der Waals surface area contributed by atoms with Crippen LogP contribution in [-0.4, -0.2) is 4.98 Å². The molecule has 0 aliphatic rings. The molecule has 0 radical (unpaired) electrons. The lowest BCUT2D eigenvalue weighted by Crippen LogP contribution is -1.99. The molecular formula is C28H26FNO. The number of hydrogen-bond donors (Lipinski definition) is 0. The van der Waals surface area contributed by atoms with Gasteiger partial charge in [-0.2, -0.15) is 0 Å². The third-order valence-electron chi connectivity index (χ3n) is 5.98. The van der Waals surface area contributed by atoms with Gasteiger partial charge in [-0.1, -0.05) is 45.9 Å². The highest BCUT2D eigenvalue weighted by molar-refractivity contribution is 6.11. The number of nitrogens with zero attached hydrogens (tertiary/aromatic N) is 1. The first kappa shape index (κ1) is 19.7. The molecule has 0 saturated carbocycles. The second-order valence-corrected chi connectivity index (χ2v) is 9.12. The van der Waals surface area contributed by atoms with Gasteiger partial charge in [0.05, 0.1) is 5.69 Å². The fourth-order valence-corrected chi connectivity index (χ4v) is 4.41. The van der Waals surface area contributed by atoms with E-state index in [4.69, 9.17) is 9.40 Å². The monoisotopic (exact) mass is 411 g/mol. The standard InChI is InChI=1S/C28H26FNO/c1-16(2)11-20-12-18-9-10-30-27(22(18)15-25(20)29)24-14-19(17(3)4)13-23-21-7-5-6-8-26(21)31-28(23)24/h5-10,12-17H,11H2,1-4H3. The maximum absolute atomic E-state index is 15.0. The summed E-state index contributed by atoms with van der Waals surface area (Å²) in [6.45, 7) is 8.58. The smallest absolute Gasteiger partial charge is 0.144 e. The van der Waals surface area contributed by atoms with Crippen molar-refractivity contribution in [1.29, 1.82) is 0 Å². The van der Waals surface area contributed by atoms with Crippen molar-refractivity contribution in [1.82, 2.24) is 4.98 Å². The lowest BCUT2D eigenvalue weighted by molar-refractivity contribution is 0.576. The maximum atomic E-state index is 15.0. The number of furan rings is 1. The Hall–Kier alpha value is -3.20. The third kappa shape index (κ3) is 3.38. The molecule has 3 aromatic carbocycles. The van der Waals surface area contributed by atoms with E-state index in [0.29, 0.717) is 11.8 Å². The number of halogens is 1. The number of rotatable bonds is 4. The van der Waals surface area contributed by atoms with E-state index in [-0.39, 0.29) is 5.82 Å². The van der Waals surface area contributed by atoms with Gasteiger partial charge in [0.15, 0.2) is 0 Å². The van der Waals surface area contributed by atoms with Crippen molar-refractivity contribution in [3.8, 4) is 11.3 Å². The quantitative estimate of drug-likeness (QED) is 0.297. The second kappa shape index (κ2) is 7.49. The molecule has 0 saturated heterocycles. The van der Waals surface area contributed by atoms with E-state index in [1.165, 1.54) is 5.56 Å². The molecule has 0 spiro atoms. The zero-order valence-corrected chi connectivity index (χ0v) is 18.4. The van der Waals surface area contributed by atoms with Gasteiger partial charge in [-0.25, -0.2) is 4.39 Å². The fourth-order valence-electron chi connectivity index (χ4n) is 4.41. The molecule has 0 atom stereocenters. The molecule has 0 aliphatic carbocycles. The lowest BCUT2D eigenvalue weighted by atomic mass is 9.93. The lowest BCUT2D eigenvalue weighted by Gasteiger charge is -2.13. The van der Waals surface area contributed by atoms with Crippen molar-refractivity contribution in [2.45, 2.75) is 40.0 Å². The fraction of sp³-hybridized carbons (Fsp3) is 0.250. The predicted molar refractivity (Wildman–Crippen MR) is 127 cm³/mol. The van der Waals surface area contributed by atoms with Crippen LogP contribution in [0.25, 0.3) is 44.0 Å². The van der Waals surface area contributed by atoms with Crippen molar-refractivity contribution >= 4 is 32.7 Å². The van der Waals surface area contributed by atoms with E-state index < -0.39 is 0 Å². The van der Waals surface area contributed by atoms with Crippen molar-refractivity contribution < 1.29 is 8.81 Å². The van der Waals surface area contributed by atoms with Gasteiger partial charge in [0.25, 0.3) is 0 Å². The molecule has 2 heterocycles. The highest BCUT2D eigenvalue weighted by atomic mass is 19.1. The topological polar surface area (TPSA) is 26.0 Å². The van der Waals surface area contributed by atoms with Crippen LogP contribution in [0.2, 0.25) is 0 Å². The summed E-state index contributed by atoms with van der Waals surface area (Å²) in [6.07, 6.45) is 2.53. The maximum Gasteiger partial charge on any atom is 0.144 e. The van der Waals surface area contributed by atoms with E-state index in [0.717, 1.165) is 56.0 Å². The van der Waals surface area contributed by atoms with Gasteiger partial charge < -0.3 is 4.42 Å². The SMILES string of the molecule is CC(C)Cc1cc2ccnc(-c3cc(C(C)C)cc4c3oc3ccccc34)c2cc1F. The molecule has 0 unspecified atom stereocenters. The number of fused-ring (bicyclic) bond motifs is 4. The van der Waals surface area contributed by atoms with Gasteiger partial charge in [0.2, 0.25) is 0 Å². The average molecular weight is 412 g/mol. The van der Waals surface area contributed by atoms with Gasteiger partial charge in [0, 0.05) is 27.9 Å². The Kier molecular flexibility index (Phi) is 4.77. The molecular weight excluding hydrogens is 385 g/mol. The summed E-state index contributed by atoms with van der Waals surface area (Å²) in [5.74, 6) is 0.573. The van der Waals surface area contributed by atoms with Crippen molar-refractivity contribution in [3.63, 3.8) is 0 Å². The molecule has 5 rings (SSSR count). The van der Waals surface area contributed by atoms with Crippen molar-refractivity contribution in [2.24, 2.45) is 5.92 Å². The molecule has 2 nitrogen and oxygen atoms in total. The summed E-state index contributed by atoms with van der Waals surface area (Å²) < 4.78 is 21.3. The Morgan fingerprint density at radius 2 is 1.71 bits per heavy atom. The Morgan fingerprint density at radius 1 is 0.903 bits per heavy atom. The summed E-state index contributed by atoms with van der Waals surface area (Å²) in [7, 11) is 0. The summed E-state index contributed by atoms with van der Waals surface area (Å²) in [5.41, 5.74) is 5.30. The molecule has 2 aromatic heterocycles. The van der Waals surface area contributed by atoms with Crippen molar-refractivity contribution in [3.05, 3.63) is 77.7 Å². The van der Waals surface area contributed by atoms with Crippen LogP contribution in [0, 0.1) is 11.7 Å². The molecule has 0 aliphatic heterocycles. The van der Waals surface area contributed by atoms with Crippen LogP contribution in [0.1, 0.15) is 44.7 Å². The molecule has 31 heavy (non-hydrogen) atoms. The number of pyridine rings is 1. The van der Waals surface area contributed by atoms with Crippen LogP contribution >= 0.6 is 0 Å². The number of hydrogen-bond acceptors (Lipinski definition) is 2. The predicted octanol–water partition coefficient (Wildman–Crippen LogP) is 8.26. The molecule has 5 aromatic rings. The molecule has 0 N–H and O–H groups in total. The van der Waals surface area contributed by atoms with E-state index in [9.17, 15) is 0 Å². The van der Waals surface area contributed by atoms with Gasteiger partial charge in [0.1, 0.15) is 17.0 Å². The first-order valence-corrected chi connectivity index (χ1v) is 10.9. The van der Waals surface area contributed by atoms with Crippen LogP contribution < -0.4 is 0 Å². The Bertz CT molecular complexity index is 1430. The molecule has 0 amide bonds. The Labute approximate surface area is 181 Å². The highest BCUT2D eigenvalue weighted by Gasteiger charge is 2.19. The average Bonchev–Trinajstić information content (AvgIpc) is 3.11. The number of aromatic nitrogens is 1. The van der Waals surface area contributed by atoms with Gasteiger partial charge in [-0.3, -0.25) is 4.98 Å². The van der Waals surface area contributed by atoms with Crippen LogP contribution in [0.5, 0.6) is 0 Å². The minimum Gasteiger partial charge on any atom is -0.455 e. The van der Waals surface area contributed by atoms with Crippen LogP contribution in [0.4, 0.5) is 4.39 Å². The van der Waals surface area contributed by atoms with E-state index in [1.54, 1.807) is 6.07 Å². The second-order valence-electron chi connectivity index (χ2n) is 9.12. The zero-order valence-electron chi connectivity index (χ0n) is 18.4. The summed E-state index contributed by atoms with van der Waals surface area (Å²) >= 11 is 0. The first-order valence-electron chi connectivity index (χ1n) is 10.9. The van der Waals surface area contributed by atoms with Crippen LogP contribution in [-0.2, 0) is 6.42 Å². The Balaban J connectivity index is 1.83. The molecule has 156 valence electrons. The van der Waals surface area contributed by atoms with E-state index in [1.807, 2.05) is 36.5 Å². The molecule has 3 heteroatoms. The summed E-state index contributed by atoms with van der Waals surface area (Å²) in [5, 5.41) is 3.98. The molecule has 0 fully saturated rings. The highest BCUT2D eigenvalue weighted by Crippen LogP contribution is 2.40. The van der Waals surface area contributed by atoms with Crippen molar-refractivity contribution in [2.75, 3.05) is 0 Å². The number of para-hydroxylation sites is 1. The van der Waals surface area contributed by atoms with Gasteiger partial charge >= 0.3 is 0 Å². The normalized spacial score (nSPS) is 12.1. The third-order valence-corrected chi connectivity index (χ3v) is 5.98. The zero-order chi connectivity index (χ0) is 21.7. The Morgan fingerprint density at radius 3 is 2.48 bits per heavy atom. The first-order chi connectivity index (χ1) is 14.9. The molecule has 0 bridgehead atoms. The van der Waals surface area contributed by atoms with E-state index >= 15 is 4.39 Å². The minimum absolute atomic E-state index is 0.170. The summed E-state index contributed by atoms with van der Waals surface area (Å²) in [6, 6.07) is 18.0. The largest absolute Gasteiger partial charge is 0.455 e.